The zero-order chi connectivity index (χ0) is 18.3. The van der Waals surface area contributed by atoms with Crippen LogP contribution in [0, 0.1) is 0 Å². The summed E-state index contributed by atoms with van der Waals surface area (Å²) in [5.41, 5.74) is 1.37. The second kappa shape index (κ2) is 6.21. The number of rotatable bonds is 3. The van der Waals surface area contributed by atoms with E-state index in [1.165, 1.54) is 0 Å². The van der Waals surface area contributed by atoms with Gasteiger partial charge in [0.15, 0.2) is 0 Å². The van der Waals surface area contributed by atoms with E-state index < -0.39 is 18.3 Å². The van der Waals surface area contributed by atoms with Crippen molar-refractivity contribution in [3.63, 3.8) is 0 Å². The molecule has 0 amide bonds. The van der Waals surface area contributed by atoms with Gasteiger partial charge in [0.25, 0.3) is 0 Å². The molecule has 1 aromatic carbocycles. The summed E-state index contributed by atoms with van der Waals surface area (Å²) >= 11 is 0. The summed E-state index contributed by atoms with van der Waals surface area (Å²) in [6.07, 6.45) is 1.87. The fourth-order valence-electron chi connectivity index (χ4n) is 2.64. The van der Waals surface area contributed by atoms with Gasteiger partial charge in [-0.2, -0.15) is 0 Å². The highest BCUT2D eigenvalue weighted by Gasteiger charge is 2.52. The summed E-state index contributed by atoms with van der Waals surface area (Å²) in [4.78, 5) is 0. The van der Waals surface area contributed by atoms with E-state index in [-0.39, 0.29) is 17.8 Å². The summed E-state index contributed by atoms with van der Waals surface area (Å²) in [5.74, 6) is 0.279. The van der Waals surface area contributed by atoms with Crippen molar-refractivity contribution in [1.82, 2.24) is 0 Å². The molecule has 132 valence electrons. The van der Waals surface area contributed by atoms with E-state index in [0.29, 0.717) is 5.47 Å². The van der Waals surface area contributed by atoms with Crippen LogP contribution in [0.15, 0.2) is 23.7 Å². The molecule has 0 radical (unpaired) electrons. The Kier molecular flexibility index (Phi) is 4.93. The molecule has 0 aromatic heterocycles. The lowest BCUT2D eigenvalue weighted by Crippen LogP contribution is -2.41. The molecule has 2 N–H and O–H groups in total. The van der Waals surface area contributed by atoms with Crippen LogP contribution in [0.3, 0.4) is 0 Å². The first-order chi connectivity index (χ1) is 10.9. The summed E-state index contributed by atoms with van der Waals surface area (Å²) < 4.78 is 12.0. The number of phenolic OH excluding ortho intramolecular Hbond substituents is 1. The van der Waals surface area contributed by atoms with Gasteiger partial charge in [-0.05, 0) is 61.8 Å². The largest absolute Gasteiger partial charge is 0.508 e. The maximum atomic E-state index is 10.1. The van der Waals surface area contributed by atoms with Gasteiger partial charge in [0.05, 0.1) is 17.8 Å². The topological polar surface area (TPSA) is 58.9 Å². The molecule has 1 heterocycles. The third-order valence-electron chi connectivity index (χ3n) is 4.92. The van der Waals surface area contributed by atoms with Crippen molar-refractivity contribution in [2.45, 2.75) is 65.1 Å². The second-order valence-electron chi connectivity index (χ2n) is 8.49. The third-order valence-corrected chi connectivity index (χ3v) is 4.92. The summed E-state index contributed by atoms with van der Waals surface area (Å²) in [6.45, 7) is 14.0. The van der Waals surface area contributed by atoms with Crippen LogP contribution in [-0.4, -0.2) is 35.1 Å². The highest BCUT2D eigenvalue weighted by atomic mass is 16.7. The SMILES string of the molecule is CC(C)(C)c1cc(C=C(CO)B2OC(C)(C)C(C)(C)O2)ccc1O. The van der Waals surface area contributed by atoms with Crippen molar-refractivity contribution < 1.29 is 19.5 Å². The molecule has 5 heteroatoms. The van der Waals surface area contributed by atoms with Gasteiger partial charge in [0, 0.05) is 0 Å². The molecule has 0 unspecified atom stereocenters. The Labute approximate surface area is 145 Å². The first kappa shape index (κ1) is 19.0. The molecule has 0 atom stereocenters. The third kappa shape index (κ3) is 3.69. The van der Waals surface area contributed by atoms with Crippen LogP contribution < -0.4 is 0 Å². The van der Waals surface area contributed by atoms with Gasteiger partial charge >= 0.3 is 7.12 Å². The predicted octanol–water partition coefficient (Wildman–Crippen LogP) is 3.70. The van der Waals surface area contributed by atoms with E-state index in [1.807, 2.05) is 45.9 Å². The zero-order valence-corrected chi connectivity index (χ0v) is 15.8. The van der Waals surface area contributed by atoms with Gasteiger partial charge in [-0.3, -0.25) is 0 Å². The number of phenols is 1. The highest BCUT2D eigenvalue weighted by Crippen LogP contribution is 2.39. The zero-order valence-electron chi connectivity index (χ0n) is 15.8. The van der Waals surface area contributed by atoms with Crippen LogP contribution >= 0.6 is 0 Å². The summed E-state index contributed by atoms with van der Waals surface area (Å²) in [5, 5.41) is 19.9. The van der Waals surface area contributed by atoms with Crippen LogP contribution in [0.1, 0.15) is 59.6 Å². The normalized spacial score (nSPS) is 20.5. The average molecular weight is 332 g/mol. The maximum absolute atomic E-state index is 10.1. The molecule has 1 saturated heterocycles. The number of benzene rings is 1. The van der Waals surface area contributed by atoms with E-state index in [9.17, 15) is 10.2 Å². The highest BCUT2D eigenvalue weighted by molar-refractivity contribution is 6.55. The summed E-state index contributed by atoms with van der Waals surface area (Å²) in [6, 6.07) is 5.45. The Morgan fingerprint density at radius 2 is 1.67 bits per heavy atom. The lowest BCUT2D eigenvalue weighted by atomic mass is 9.77. The number of aliphatic hydroxyl groups is 1. The van der Waals surface area contributed by atoms with Gasteiger partial charge in [-0.25, -0.2) is 0 Å². The van der Waals surface area contributed by atoms with E-state index in [1.54, 1.807) is 6.07 Å². The Balaban J connectivity index is 2.36. The Bertz CT molecular complexity index is 625. The number of hydrogen-bond acceptors (Lipinski definition) is 4. The van der Waals surface area contributed by atoms with Crippen molar-refractivity contribution in [2.24, 2.45) is 0 Å². The minimum absolute atomic E-state index is 0.150. The number of aliphatic hydroxyl groups excluding tert-OH is 1. The second-order valence-corrected chi connectivity index (χ2v) is 8.49. The Hall–Kier alpha value is -1.30. The fraction of sp³-hybridized carbons (Fsp3) is 0.579. The van der Waals surface area contributed by atoms with Gasteiger partial charge in [0.1, 0.15) is 5.75 Å². The first-order valence-electron chi connectivity index (χ1n) is 8.38. The lowest BCUT2D eigenvalue weighted by Gasteiger charge is -2.32. The molecule has 2 rings (SSSR count). The van der Waals surface area contributed by atoms with Gasteiger partial charge in [-0.15, -0.1) is 0 Å². The number of aromatic hydroxyl groups is 1. The molecule has 1 aliphatic rings. The van der Waals surface area contributed by atoms with E-state index in [0.717, 1.165) is 11.1 Å². The quantitative estimate of drug-likeness (QED) is 0.829. The first-order valence-corrected chi connectivity index (χ1v) is 8.38. The van der Waals surface area contributed by atoms with E-state index in [2.05, 4.69) is 20.8 Å². The fourth-order valence-corrected chi connectivity index (χ4v) is 2.64. The molecule has 1 aliphatic heterocycles. The van der Waals surface area contributed by atoms with Crippen LogP contribution in [0.5, 0.6) is 5.75 Å². The monoisotopic (exact) mass is 332 g/mol. The number of hydrogen-bond donors (Lipinski definition) is 2. The van der Waals surface area contributed by atoms with Crippen molar-refractivity contribution in [3.8, 4) is 5.75 Å². The molecular weight excluding hydrogens is 303 g/mol. The molecule has 24 heavy (non-hydrogen) atoms. The molecule has 1 fully saturated rings. The van der Waals surface area contributed by atoms with Gasteiger partial charge < -0.3 is 19.5 Å². The predicted molar refractivity (Wildman–Crippen MR) is 98.0 cm³/mol. The maximum Gasteiger partial charge on any atom is 0.492 e. The Morgan fingerprint density at radius 1 is 1.12 bits per heavy atom. The molecule has 0 aliphatic carbocycles. The van der Waals surface area contributed by atoms with Crippen LogP contribution in [0.2, 0.25) is 0 Å². The van der Waals surface area contributed by atoms with Crippen molar-refractivity contribution in [3.05, 3.63) is 34.8 Å². The molecular formula is C19H29BO4. The summed E-state index contributed by atoms with van der Waals surface area (Å²) in [7, 11) is -0.577. The molecule has 0 bridgehead atoms. The van der Waals surface area contributed by atoms with Crippen molar-refractivity contribution in [2.75, 3.05) is 6.61 Å². The van der Waals surface area contributed by atoms with Crippen LogP contribution in [0.4, 0.5) is 0 Å². The lowest BCUT2D eigenvalue weighted by molar-refractivity contribution is 0.00578. The van der Waals surface area contributed by atoms with Gasteiger partial charge in [0.2, 0.25) is 0 Å². The van der Waals surface area contributed by atoms with Crippen molar-refractivity contribution in [1.29, 1.82) is 0 Å². The minimum atomic E-state index is -0.577. The molecule has 0 saturated carbocycles. The Morgan fingerprint density at radius 3 is 2.12 bits per heavy atom. The molecule has 4 nitrogen and oxygen atoms in total. The van der Waals surface area contributed by atoms with Gasteiger partial charge in [-0.1, -0.05) is 32.9 Å². The van der Waals surface area contributed by atoms with Crippen LogP contribution in [-0.2, 0) is 14.7 Å². The van der Waals surface area contributed by atoms with E-state index >= 15 is 0 Å². The standard InChI is InChI=1S/C19H29BO4/c1-17(2,3)15-11-13(8-9-16(15)22)10-14(12-21)20-23-18(4,5)19(6,7)24-20/h8-11,21-22H,12H2,1-7H3. The molecule has 0 spiro atoms. The average Bonchev–Trinajstić information content (AvgIpc) is 2.65. The van der Waals surface area contributed by atoms with Crippen LogP contribution in [0.25, 0.3) is 6.08 Å². The smallest absolute Gasteiger partial charge is 0.492 e. The van der Waals surface area contributed by atoms with Crippen molar-refractivity contribution >= 4 is 13.2 Å². The molecule has 1 aromatic rings. The minimum Gasteiger partial charge on any atom is -0.508 e. The van der Waals surface area contributed by atoms with E-state index in [4.69, 9.17) is 9.31 Å².